The molecule has 5 rings (SSSR count). The molecule has 4 heterocycles. The molecule has 1 spiro atoms. The lowest BCUT2D eigenvalue weighted by atomic mass is 9.59. The van der Waals surface area contributed by atoms with Gasteiger partial charge in [0.15, 0.2) is 18.2 Å². The van der Waals surface area contributed by atoms with Gasteiger partial charge in [-0.3, -0.25) is 0 Å². The minimum absolute atomic E-state index is 0.00516. The molecule has 2 bridgehead atoms. The first-order valence-corrected chi connectivity index (χ1v) is 22.5. The SMILES string of the molecule is CCOCCOCCOCCOCC(COCCOCCOCCOC)(COCCOCCOCCOCC)COC1O[C@H]2OC3(C)CC[C@H]4C[C@H](C)C[C@@H]([C@H]1C)C42OO3. The number of ether oxygens (including phenoxy) is 15. The van der Waals surface area contributed by atoms with Crippen LogP contribution >= 0.6 is 0 Å². The Bertz CT molecular complexity index is 1050. The van der Waals surface area contributed by atoms with Crippen LogP contribution in [-0.2, 0) is 80.8 Å². The van der Waals surface area contributed by atoms with Crippen LogP contribution in [0.1, 0.15) is 60.3 Å². The third-order valence-electron chi connectivity index (χ3n) is 11.5. The van der Waals surface area contributed by atoms with Crippen LogP contribution in [0.4, 0.5) is 0 Å². The highest BCUT2D eigenvalue weighted by atomic mass is 17.3. The van der Waals surface area contributed by atoms with Gasteiger partial charge in [-0.2, -0.15) is 0 Å². The quantitative estimate of drug-likeness (QED) is 0.0646. The van der Waals surface area contributed by atoms with Crippen molar-refractivity contribution in [1.29, 1.82) is 0 Å². The highest BCUT2D eigenvalue weighted by Gasteiger charge is 2.69. The third-order valence-corrected chi connectivity index (χ3v) is 11.5. The first-order valence-electron chi connectivity index (χ1n) is 22.5. The standard InChI is InChI=1S/C43H80O17/c1-7-45-13-15-48-19-21-51-24-27-54-32-42(31-53-26-23-50-18-17-47-12-11-44-6,33-55-28-25-52-22-20-49-16-14-46-8-2)34-56-39-36(4)38-30-35(3)29-37-9-10-41(5)58-40(57-39)43(37,38)60-59-41/h35-40H,7-34H2,1-6H3/t35-,36+,37-,38-,39?,40-,41?,43?/m0/s1. The molecular formula is C43H80O17. The second-order valence-electron chi connectivity index (χ2n) is 16.4. The van der Waals surface area contributed by atoms with Crippen molar-refractivity contribution >= 4 is 0 Å². The lowest BCUT2D eigenvalue weighted by molar-refractivity contribution is -0.577. The molecule has 0 aromatic rings. The molecule has 0 amide bonds. The van der Waals surface area contributed by atoms with Crippen LogP contribution in [0.2, 0.25) is 0 Å². The predicted octanol–water partition coefficient (Wildman–Crippen LogP) is 4.07. The second-order valence-corrected chi connectivity index (χ2v) is 16.4. The highest BCUT2D eigenvalue weighted by molar-refractivity contribution is 5.08. The zero-order valence-electron chi connectivity index (χ0n) is 37.7. The molecule has 0 aromatic carbocycles. The van der Waals surface area contributed by atoms with Gasteiger partial charge in [0.05, 0.1) is 151 Å². The van der Waals surface area contributed by atoms with Crippen molar-refractivity contribution in [1.82, 2.24) is 0 Å². The van der Waals surface area contributed by atoms with Gasteiger partial charge in [0.1, 0.15) is 0 Å². The summed E-state index contributed by atoms with van der Waals surface area (Å²) < 4.78 is 88.8. The summed E-state index contributed by atoms with van der Waals surface area (Å²) >= 11 is 0. The zero-order valence-corrected chi connectivity index (χ0v) is 37.7. The summed E-state index contributed by atoms with van der Waals surface area (Å²) in [6.45, 7) is 21.2. The van der Waals surface area contributed by atoms with E-state index in [9.17, 15) is 0 Å². The lowest BCUT2D eigenvalue weighted by Gasteiger charge is -2.60. The average Bonchev–Trinajstić information content (AvgIpc) is 3.46. The van der Waals surface area contributed by atoms with E-state index in [2.05, 4.69) is 13.8 Å². The maximum Gasteiger partial charge on any atom is 0.201 e. The Kier molecular flexibility index (Phi) is 25.7. The van der Waals surface area contributed by atoms with E-state index in [-0.39, 0.29) is 44.2 Å². The van der Waals surface area contributed by atoms with Gasteiger partial charge in [0.25, 0.3) is 0 Å². The Balaban J connectivity index is 1.38. The molecule has 5 fully saturated rings. The summed E-state index contributed by atoms with van der Waals surface area (Å²) in [5.41, 5.74) is -1.39. The van der Waals surface area contributed by atoms with Gasteiger partial charge in [-0.25, -0.2) is 9.78 Å². The Morgan fingerprint density at radius 3 is 1.47 bits per heavy atom. The molecule has 0 N–H and O–H groups in total. The van der Waals surface area contributed by atoms with Gasteiger partial charge >= 0.3 is 0 Å². The number of fused-ring (bicyclic) bond motifs is 2. The Hall–Kier alpha value is -0.680. The fourth-order valence-corrected chi connectivity index (χ4v) is 8.35. The molecular weight excluding hydrogens is 788 g/mol. The molecule has 8 atom stereocenters. The summed E-state index contributed by atoms with van der Waals surface area (Å²) in [7, 11) is 1.65. The van der Waals surface area contributed by atoms with E-state index in [4.69, 9.17) is 80.8 Å². The molecule has 5 aliphatic rings. The van der Waals surface area contributed by atoms with Crippen molar-refractivity contribution in [2.24, 2.45) is 29.1 Å². The number of hydrogen-bond donors (Lipinski definition) is 0. The Morgan fingerprint density at radius 2 is 1.00 bits per heavy atom. The average molecular weight is 869 g/mol. The highest BCUT2D eigenvalue weighted by Crippen LogP contribution is 2.60. The van der Waals surface area contributed by atoms with Gasteiger partial charge < -0.3 is 71.1 Å². The largest absolute Gasteiger partial charge is 0.382 e. The van der Waals surface area contributed by atoms with Crippen LogP contribution in [0.25, 0.3) is 0 Å². The summed E-state index contributed by atoms with van der Waals surface area (Å²) in [5, 5.41) is 0. The fraction of sp³-hybridized carbons (Fsp3) is 1.00. The van der Waals surface area contributed by atoms with Crippen molar-refractivity contribution in [3.63, 3.8) is 0 Å². The molecule has 17 heteroatoms. The van der Waals surface area contributed by atoms with E-state index in [1.54, 1.807) is 7.11 Å². The van der Waals surface area contributed by atoms with Crippen LogP contribution in [0, 0.1) is 29.1 Å². The van der Waals surface area contributed by atoms with Crippen molar-refractivity contribution in [3.8, 4) is 0 Å². The minimum atomic E-state index is -0.876. The van der Waals surface area contributed by atoms with Gasteiger partial charge in [-0.05, 0) is 51.9 Å². The van der Waals surface area contributed by atoms with E-state index in [0.29, 0.717) is 138 Å². The van der Waals surface area contributed by atoms with Gasteiger partial charge in [-0.1, -0.05) is 13.8 Å². The lowest BCUT2D eigenvalue weighted by Crippen LogP contribution is -2.70. The van der Waals surface area contributed by atoms with Crippen LogP contribution in [0.15, 0.2) is 0 Å². The van der Waals surface area contributed by atoms with E-state index >= 15 is 0 Å². The number of hydrogen-bond acceptors (Lipinski definition) is 17. The summed E-state index contributed by atoms with van der Waals surface area (Å²) in [5.74, 6) is 0.0348. The first-order chi connectivity index (χ1) is 29.3. The van der Waals surface area contributed by atoms with Crippen LogP contribution in [-0.4, -0.2) is 190 Å². The molecule has 17 nitrogen and oxygen atoms in total. The van der Waals surface area contributed by atoms with Crippen molar-refractivity contribution < 1.29 is 80.8 Å². The second kappa shape index (κ2) is 29.7. The maximum atomic E-state index is 6.85. The molecule has 4 aliphatic heterocycles. The Labute approximate surface area is 359 Å². The number of rotatable bonds is 38. The molecule has 0 radical (unpaired) electrons. The molecule has 1 aliphatic carbocycles. The van der Waals surface area contributed by atoms with Gasteiger partial charge in [-0.15, -0.1) is 0 Å². The summed E-state index contributed by atoms with van der Waals surface area (Å²) in [4.78, 5) is 12.4. The molecule has 4 saturated heterocycles. The zero-order chi connectivity index (χ0) is 42.8. The molecule has 0 aromatic heterocycles. The summed E-state index contributed by atoms with van der Waals surface area (Å²) in [6.07, 6.45) is 2.54. The van der Waals surface area contributed by atoms with Crippen LogP contribution in [0.5, 0.6) is 0 Å². The fourth-order valence-electron chi connectivity index (χ4n) is 8.35. The van der Waals surface area contributed by atoms with E-state index in [0.717, 1.165) is 25.7 Å². The van der Waals surface area contributed by atoms with Crippen LogP contribution in [0.3, 0.4) is 0 Å². The smallest absolute Gasteiger partial charge is 0.201 e. The first kappa shape index (κ1) is 51.9. The minimum Gasteiger partial charge on any atom is -0.382 e. The van der Waals surface area contributed by atoms with Crippen molar-refractivity contribution in [3.05, 3.63) is 0 Å². The molecule has 3 unspecified atom stereocenters. The normalized spacial score (nSPS) is 28.9. The Morgan fingerprint density at radius 1 is 0.550 bits per heavy atom. The molecule has 354 valence electrons. The van der Waals surface area contributed by atoms with E-state index < -0.39 is 29.4 Å². The van der Waals surface area contributed by atoms with E-state index in [1.807, 2.05) is 20.8 Å². The summed E-state index contributed by atoms with van der Waals surface area (Å²) in [6, 6.07) is 0. The van der Waals surface area contributed by atoms with Gasteiger partial charge in [0.2, 0.25) is 5.79 Å². The molecule has 1 saturated carbocycles. The van der Waals surface area contributed by atoms with Crippen LogP contribution < -0.4 is 0 Å². The molecule has 60 heavy (non-hydrogen) atoms. The predicted molar refractivity (Wildman–Crippen MR) is 217 cm³/mol. The van der Waals surface area contributed by atoms with Crippen molar-refractivity contribution in [2.45, 2.75) is 84.3 Å². The monoisotopic (exact) mass is 869 g/mol. The van der Waals surface area contributed by atoms with E-state index in [1.165, 1.54) is 0 Å². The maximum absolute atomic E-state index is 6.85. The third kappa shape index (κ3) is 17.4. The van der Waals surface area contributed by atoms with Gasteiger partial charge in [0, 0.05) is 38.6 Å². The number of methoxy groups -OCH3 is 1. The topological polar surface area (TPSA) is 157 Å². The van der Waals surface area contributed by atoms with Crippen molar-refractivity contribution in [2.75, 3.05) is 166 Å².